The van der Waals surface area contributed by atoms with Gasteiger partial charge in [-0.3, -0.25) is 4.40 Å². The van der Waals surface area contributed by atoms with E-state index in [1.807, 2.05) is 22.7 Å². The first-order chi connectivity index (χ1) is 18.4. The van der Waals surface area contributed by atoms with Crippen LogP contribution in [0.2, 0.25) is 0 Å². The molecular formula is C28H25FN6O3. The van der Waals surface area contributed by atoms with Crippen molar-refractivity contribution in [3.63, 3.8) is 0 Å². The smallest absolute Gasteiger partial charge is 0.150 e. The average molecular weight is 513 g/mol. The summed E-state index contributed by atoms with van der Waals surface area (Å²) in [6.07, 6.45) is 6.89. The lowest BCUT2D eigenvalue weighted by Crippen LogP contribution is -2.45. The van der Waals surface area contributed by atoms with Gasteiger partial charge in [-0.25, -0.2) is 24.3 Å². The summed E-state index contributed by atoms with van der Waals surface area (Å²) >= 11 is 0. The number of fused-ring (bicyclic) bond motifs is 1. The van der Waals surface area contributed by atoms with Gasteiger partial charge in [0, 0.05) is 54.1 Å². The summed E-state index contributed by atoms with van der Waals surface area (Å²) in [6, 6.07) is 11.6. The SMILES string of the molecule is Cc1ncc(COc2cc(F)cc(Oc3ccc(-c4nc(C5(C)COC5)n5ccnc(N)c45)cc3)c2)cn1. The first-order valence-electron chi connectivity index (χ1n) is 12.1. The molecule has 0 amide bonds. The first-order valence-corrected chi connectivity index (χ1v) is 12.1. The van der Waals surface area contributed by atoms with Crippen molar-refractivity contribution in [1.82, 2.24) is 24.3 Å². The molecule has 0 bridgehead atoms. The lowest BCUT2D eigenvalue weighted by molar-refractivity contribution is -0.0545. The van der Waals surface area contributed by atoms with E-state index in [4.69, 9.17) is 24.9 Å². The molecule has 1 aliphatic rings. The quantitative estimate of drug-likeness (QED) is 0.329. The van der Waals surface area contributed by atoms with E-state index in [1.165, 1.54) is 12.1 Å². The Morgan fingerprint density at radius 2 is 1.76 bits per heavy atom. The molecule has 0 atom stereocenters. The van der Waals surface area contributed by atoms with Crippen molar-refractivity contribution in [3.05, 3.63) is 90.3 Å². The summed E-state index contributed by atoms with van der Waals surface area (Å²) in [5, 5.41) is 0. The maximum atomic E-state index is 14.3. The predicted molar refractivity (Wildman–Crippen MR) is 139 cm³/mol. The molecule has 1 saturated heterocycles. The van der Waals surface area contributed by atoms with Gasteiger partial charge in [0.05, 0.1) is 18.6 Å². The molecule has 1 fully saturated rings. The minimum absolute atomic E-state index is 0.193. The van der Waals surface area contributed by atoms with Crippen molar-refractivity contribution >= 4 is 11.3 Å². The number of hydrogen-bond donors (Lipinski definition) is 1. The Morgan fingerprint density at radius 1 is 1.03 bits per heavy atom. The second-order valence-electron chi connectivity index (χ2n) is 9.54. The van der Waals surface area contributed by atoms with E-state index in [-0.39, 0.29) is 12.0 Å². The van der Waals surface area contributed by atoms with E-state index in [0.29, 0.717) is 42.1 Å². The highest BCUT2D eigenvalue weighted by Crippen LogP contribution is 2.37. The maximum absolute atomic E-state index is 14.3. The summed E-state index contributed by atoms with van der Waals surface area (Å²) in [6.45, 7) is 5.33. The molecule has 2 N–H and O–H groups in total. The van der Waals surface area contributed by atoms with E-state index >= 15 is 0 Å². The van der Waals surface area contributed by atoms with Crippen molar-refractivity contribution in [2.45, 2.75) is 25.9 Å². The number of aromatic nitrogens is 5. The summed E-state index contributed by atoms with van der Waals surface area (Å²) in [5.41, 5.74) is 9.17. The number of anilines is 1. The standard InChI is InChI=1S/C28H25FN6O3/c1-17-32-12-18(13-33-17)14-37-22-9-20(29)10-23(11-22)38-21-5-3-19(4-6-21)24-25-26(30)31-7-8-35(25)27(34-24)28(2)15-36-16-28/h3-13H,14-16H2,1-2H3,(H2,30,31). The number of nitrogens with zero attached hydrogens (tertiary/aromatic N) is 5. The van der Waals surface area contributed by atoms with Crippen LogP contribution in [0.1, 0.15) is 24.1 Å². The molecule has 0 aliphatic carbocycles. The Labute approximate surface area is 218 Å². The van der Waals surface area contributed by atoms with Gasteiger partial charge in [0.1, 0.15) is 58.3 Å². The third-order valence-electron chi connectivity index (χ3n) is 6.41. The highest BCUT2D eigenvalue weighted by Gasteiger charge is 2.40. The molecule has 38 heavy (non-hydrogen) atoms. The van der Waals surface area contributed by atoms with Gasteiger partial charge in [-0.2, -0.15) is 0 Å². The minimum Gasteiger partial charge on any atom is -0.489 e. The molecular weight excluding hydrogens is 487 g/mol. The van der Waals surface area contributed by atoms with Crippen LogP contribution in [0.4, 0.5) is 10.2 Å². The molecule has 0 spiro atoms. The predicted octanol–water partition coefficient (Wildman–Crippen LogP) is 4.88. The van der Waals surface area contributed by atoms with Crippen molar-refractivity contribution in [1.29, 1.82) is 0 Å². The number of nitrogens with two attached hydrogens (primary N) is 1. The zero-order valence-corrected chi connectivity index (χ0v) is 20.9. The molecule has 6 rings (SSSR count). The van der Waals surface area contributed by atoms with Crippen LogP contribution in [0.3, 0.4) is 0 Å². The van der Waals surface area contributed by atoms with Crippen molar-refractivity contribution < 1.29 is 18.6 Å². The van der Waals surface area contributed by atoms with Gasteiger partial charge in [0.15, 0.2) is 0 Å². The van der Waals surface area contributed by atoms with Gasteiger partial charge in [-0.05, 0) is 38.1 Å². The van der Waals surface area contributed by atoms with Gasteiger partial charge in [0.2, 0.25) is 0 Å². The van der Waals surface area contributed by atoms with Crippen LogP contribution in [0.5, 0.6) is 17.2 Å². The molecule has 0 unspecified atom stereocenters. The normalized spacial score (nSPS) is 14.3. The van der Waals surface area contributed by atoms with E-state index in [2.05, 4.69) is 21.9 Å². The van der Waals surface area contributed by atoms with Crippen molar-refractivity contribution in [2.24, 2.45) is 0 Å². The van der Waals surface area contributed by atoms with E-state index in [1.54, 1.807) is 43.7 Å². The van der Waals surface area contributed by atoms with Crippen LogP contribution in [-0.2, 0) is 16.8 Å². The third-order valence-corrected chi connectivity index (χ3v) is 6.41. The van der Waals surface area contributed by atoms with Crippen LogP contribution in [0.15, 0.2) is 67.3 Å². The fourth-order valence-corrected chi connectivity index (χ4v) is 4.39. The Bertz CT molecular complexity index is 1620. The zero-order valence-electron chi connectivity index (χ0n) is 20.9. The molecule has 9 nitrogen and oxygen atoms in total. The van der Waals surface area contributed by atoms with Crippen LogP contribution in [0.25, 0.3) is 16.8 Å². The number of halogens is 1. The lowest BCUT2D eigenvalue weighted by Gasteiger charge is -2.36. The maximum Gasteiger partial charge on any atom is 0.150 e. The van der Waals surface area contributed by atoms with Gasteiger partial charge in [0.25, 0.3) is 0 Å². The summed E-state index contributed by atoms with van der Waals surface area (Å²) in [5.74, 6) is 2.67. The molecule has 0 saturated carbocycles. The molecule has 3 aromatic heterocycles. The second kappa shape index (κ2) is 9.38. The third kappa shape index (κ3) is 4.50. The Morgan fingerprint density at radius 3 is 2.47 bits per heavy atom. The van der Waals surface area contributed by atoms with E-state index in [0.717, 1.165) is 28.2 Å². The summed E-state index contributed by atoms with van der Waals surface area (Å²) in [4.78, 5) is 17.5. The van der Waals surface area contributed by atoms with Gasteiger partial charge >= 0.3 is 0 Å². The number of ether oxygens (including phenoxy) is 3. The Hall–Kier alpha value is -4.57. The first kappa shape index (κ1) is 23.8. The minimum atomic E-state index is -0.470. The fraction of sp³-hybridized carbons (Fsp3) is 0.214. The molecule has 4 heterocycles. The Kier molecular flexibility index (Phi) is 5.88. The van der Waals surface area contributed by atoms with Crippen LogP contribution in [0, 0.1) is 12.7 Å². The van der Waals surface area contributed by atoms with E-state index < -0.39 is 5.82 Å². The molecule has 1 aliphatic heterocycles. The fourth-order valence-electron chi connectivity index (χ4n) is 4.39. The van der Waals surface area contributed by atoms with Gasteiger partial charge in [-0.15, -0.1) is 0 Å². The monoisotopic (exact) mass is 512 g/mol. The van der Waals surface area contributed by atoms with Gasteiger partial charge in [-0.1, -0.05) is 0 Å². The number of rotatable bonds is 7. The number of imidazole rings is 1. The molecule has 10 heteroatoms. The highest BCUT2D eigenvalue weighted by molar-refractivity contribution is 5.85. The highest BCUT2D eigenvalue weighted by atomic mass is 19.1. The molecule has 0 radical (unpaired) electrons. The van der Waals surface area contributed by atoms with Crippen molar-refractivity contribution in [2.75, 3.05) is 18.9 Å². The van der Waals surface area contributed by atoms with Crippen molar-refractivity contribution in [3.8, 4) is 28.5 Å². The van der Waals surface area contributed by atoms with E-state index in [9.17, 15) is 4.39 Å². The number of benzene rings is 2. The number of aryl methyl sites for hydroxylation is 1. The molecule has 5 aromatic rings. The average Bonchev–Trinajstić information content (AvgIpc) is 3.28. The summed E-state index contributed by atoms with van der Waals surface area (Å²) < 4.78 is 33.4. The zero-order chi connectivity index (χ0) is 26.3. The number of nitrogen functional groups attached to an aromatic ring is 1. The summed E-state index contributed by atoms with van der Waals surface area (Å²) in [7, 11) is 0. The molecule has 2 aromatic carbocycles. The largest absolute Gasteiger partial charge is 0.489 e. The van der Waals surface area contributed by atoms with Gasteiger partial charge < -0.3 is 19.9 Å². The second-order valence-corrected chi connectivity index (χ2v) is 9.54. The van der Waals surface area contributed by atoms with Crippen LogP contribution < -0.4 is 15.2 Å². The molecule has 192 valence electrons. The number of hydrogen-bond acceptors (Lipinski definition) is 8. The van der Waals surface area contributed by atoms with Crippen LogP contribution in [-0.4, -0.2) is 37.6 Å². The Balaban J connectivity index is 1.23. The lowest BCUT2D eigenvalue weighted by atomic mass is 9.88. The topological polar surface area (TPSA) is 110 Å². The van der Waals surface area contributed by atoms with Crippen LogP contribution >= 0.6 is 0 Å².